The third-order valence-corrected chi connectivity index (χ3v) is 3.98. The van der Waals surface area contributed by atoms with Gasteiger partial charge in [0.15, 0.2) is 0 Å². The van der Waals surface area contributed by atoms with E-state index in [1.165, 1.54) is 12.1 Å². The Kier molecular flexibility index (Phi) is 2.68. The fourth-order valence-corrected chi connectivity index (χ4v) is 3.16. The van der Waals surface area contributed by atoms with E-state index in [2.05, 4.69) is 20.9 Å². The summed E-state index contributed by atoms with van der Waals surface area (Å²) in [4.78, 5) is 4.50. The average molecular weight is 308 g/mol. The van der Waals surface area contributed by atoms with Gasteiger partial charge in [-0.25, -0.2) is 9.37 Å². The van der Waals surface area contributed by atoms with Crippen LogP contribution in [0.15, 0.2) is 46.9 Å². The molecule has 0 saturated heterocycles. The van der Waals surface area contributed by atoms with Crippen LogP contribution >= 0.6 is 27.3 Å². The summed E-state index contributed by atoms with van der Waals surface area (Å²) >= 11 is 4.99. The maximum absolute atomic E-state index is 13.1. The highest BCUT2D eigenvalue weighted by molar-refractivity contribution is 9.10. The molecule has 0 amide bonds. The van der Waals surface area contributed by atoms with Gasteiger partial charge in [0.25, 0.3) is 0 Å². The number of nitrogens with zero attached hydrogens (tertiary/aromatic N) is 1. The second-order valence-corrected chi connectivity index (χ2v) is 5.59. The molecule has 0 saturated carbocycles. The van der Waals surface area contributed by atoms with Gasteiger partial charge < -0.3 is 0 Å². The Morgan fingerprint density at radius 3 is 2.82 bits per heavy atom. The van der Waals surface area contributed by atoms with Crippen LogP contribution in [0.5, 0.6) is 0 Å². The van der Waals surface area contributed by atoms with E-state index < -0.39 is 0 Å². The maximum Gasteiger partial charge on any atom is 0.124 e. The minimum absolute atomic E-state index is 0.233. The Morgan fingerprint density at radius 2 is 2.00 bits per heavy atom. The smallest absolute Gasteiger partial charge is 0.124 e. The number of fused-ring (bicyclic) bond motifs is 1. The summed E-state index contributed by atoms with van der Waals surface area (Å²) < 4.78 is 15.3. The fraction of sp³-hybridized carbons (Fsp3) is 0. The third-order valence-electron chi connectivity index (χ3n) is 2.42. The first-order valence-corrected chi connectivity index (χ1v) is 6.65. The van der Waals surface area contributed by atoms with Crippen LogP contribution in [0.1, 0.15) is 0 Å². The van der Waals surface area contributed by atoms with E-state index >= 15 is 0 Å². The van der Waals surface area contributed by atoms with E-state index in [0.717, 1.165) is 25.3 Å². The van der Waals surface area contributed by atoms with Crippen LogP contribution in [-0.2, 0) is 0 Å². The Bertz CT molecular complexity index is 693. The van der Waals surface area contributed by atoms with Gasteiger partial charge in [-0.05, 0) is 30.3 Å². The zero-order valence-electron chi connectivity index (χ0n) is 8.65. The fourth-order valence-electron chi connectivity index (χ4n) is 1.64. The molecule has 0 spiro atoms. The number of hydrogen-bond donors (Lipinski definition) is 0. The molecule has 0 aliphatic carbocycles. The van der Waals surface area contributed by atoms with Crippen LogP contribution in [0.25, 0.3) is 20.8 Å². The predicted octanol–water partition coefficient (Wildman–Crippen LogP) is 4.86. The standard InChI is InChI=1S/C13H7BrFNS/c14-9-4-5-11-12(7-9)17-13(16-11)8-2-1-3-10(15)6-8/h1-7H. The predicted molar refractivity (Wildman–Crippen MR) is 72.7 cm³/mol. The van der Waals surface area contributed by atoms with E-state index in [0.29, 0.717) is 0 Å². The van der Waals surface area contributed by atoms with Gasteiger partial charge in [0, 0.05) is 10.0 Å². The summed E-state index contributed by atoms with van der Waals surface area (Å²) in [7, 11) is 0. The summed E-state index contributed by atoms with van der Waals surface area (Å²) in [6.45, 7) is 0. The highest BCUT2D eigenvalue weighted by Gasteiger charge is 2.07. The number of benzene rings is 2. The Morgan fingerprint density at radius 1 is 1.12 bits per heavy atom. The molecule has 0 aliphatic rings. The summed E-state index contributed by atoms with van der Waals surface area (Å²) in [5, 5.41) is 0.845. The van der Waals surface area contributed by atoms with E-state index in [4.69, 9.17) is 0 Å². The first-order valence-electron chi connectivity index (χ1n) is 5.04. The molecular weight excluding hydrogens is 301 g/mol. The molecule has 0 unspecified atom stereocenters. The van der Waals surface area contributed by atoms with Crippen LogP contribution in [0.2, 0.25) is 0 Å². The second kappa shape index (κ2) is 4.20. The summed E-state index contributed by atoms with van der Waals surface area (Å²) in [5.41, 5.74) is 1.76. The quantitative estimate of drug-likeness (QED) is 0.625. The van der Waals surface area contributed by atoms with Crippen LogP contribution < -0.4 is 0 Å². The number of thiazole rings is 1. The lowest BCUT2D eigenvalue weighted by molar-refractivity contribution is 0.628. The minimum Gasteiger partial charge on any atom is -0.236 e. The number of aromatic nitrogens is 1. The molecule has 4 heteroatoms. The van der Waals surface area contributed by atoms with Crippen molar-refractivity contribution in [1.82, 2.24) is 4.98 Å². The molecular formula is C13H7BrFNS. The van der Waals surface area contributed by atoms with Gasteiger partial charge in [-0.1, -0.05) is 28.1 Å². The third kappa shape index (κ3) is 2.10. The van der Waals surface area contributed by atoms with E-state index in [-0.39, 0.29) is 5.82 Å². The lowest BCUT2D eigenvalue weighted by Crippen LogP contribution is -1.77. The van der Waals surface area contributed by atoms with Crippen molar-refractivity contribution in [3.05, 3.63) is 52.8 Å². The molecule has 0 radical (unpaired) electrons. The van der Waals surface area contributed by atoms with Crippen molar-refractivity contribution in [2.75, 3.05) is 0 Å². The van der Waals surface area contributed by atoms with Crippen LogP contribution in [0.3, 0.4) is 0 Å². The Labute approximate surface area is 110 Å². The molecule has 3 rings (SSSR count). The summed E-state index contributed by atoms with van der Waals surface area (Å²) in [6.07, 6.45) is 0. The van der Waals surface area contributed by atoms with Crippen LogP contribution in [0.4, 0.5) is 4.39 Å². The molecule has 1 aromatic heterocycles. The molecule has 0 aliphatic heterocycles. The average Bonchev–Trinajstić information content (AvgIpc) is 2.72. The van der Waals surface area contributed by atoms with Crippen molar-refractivity contribution >= 4 is 37.5 Å². The zero-order chi connectivity index (χ0) is 11.8. The molecule has 0 atom stereocenters. The lowest BCUT2D eigenvalue weighted by Gasteiger charge is -1.94. The molecule has 84 valence electrons. The van der Waals surface area contributed by atoms with Gasteiger partial charge in [0.05, 0.1) is 10.2 Å². The molecule has 1 heterocycles. The maximum atomic E-state index is 13.1. The second-order valence-electron chi connectivity index (χ2n) is 3.64. The van der Waals surface area contributed by atoms with Gasteiger partial charge in [0.1, 0.15) is 10.8 Å². The molecule has 1 nitrogen and oxygen atoms in total. The minimum atomic E-state index is -0.233. The van der Waals surface area contributed by atoms with Gasteiger partial charge in [0.2, 0.25) is 0 Å². The molecule has 0 fully saturated rings. The largest absolute Gasteiger partial charge is 0.236 e. The van der Waals surface area contributed by atoms with Crippen molar-refractivity contribution in [3.63, 3.8) is 0 Å². The topological polar surface area (TPSA) is 12.9 Å². The first-order chi connectivity index (χ1) is 8.22. The molecule has 0 bridgehead atoms. The molecule has 3 aromatic rings. The van der Waals surface area contributed by atoms with E-state index in [9.17, 15) is 4.39 Å². The number of hydrogen-bond acceptors (Lipinski definition) is 2. The van der Waals surface area contributed by atoms with Gasteiger partial charge >= 0.3 is 0 Å². The summed E-state index contributed by atoms with van der Waals surface area (Å²) in [6, 6.07) is 12.5. The SMILES string of the molecule is Fc1cccc(-c2nc3ccc(Br)cc3s2)c1. The van der Waals surface area contributed by atoms with Crippen LogP contribution in [0, 0.1) is 5.82 Å². The van der Waals surface area contributed by atoms with Crippen molar-refractivity contribution in [3.8, 4) is 10.6 Å². The highest BCUT2D eigenvalue weighted by Crippen LogP contribution is 2.31. The monoisotopic (exact) mass is 307 g/mol. The van der Waals surface area contributed by atoms with Crippen LogP contribution in [-0.4, -0.2) is 4.98 Å². The van der Waals surface area contributed by atoms with Gasteiger partial charge in [-0.3, -0.25) is 0 Å². The van der Waals surface area contributed by atoms with Gasteiger partial charge in [-0.15, -0.1) is 11.3 Å². The highest BCUT2D eigenvalue weighted by atomic mass is 79.9. The first kappa shape index (κ1) is 10.9. The van der Waals surface area contributed by atoms with Crippen molar-refractivity contribution in [1.29, 1.82) is 0 Å². The van der Waals surface area contributed by atoms with Gasteiger partial charge in [-0.2, -0.15) is 0 Å². The van der Waals surface area contributed by atoms with Crippen molar-refractivity contribution in [2.45, 2.75) is 0 Å². The lowest BCUT2D eigenvalue weighted by atomic mass is 10.2. The van der Waals surface area contributed by atoms with Crippen molar-refractivity contribution in [2.24, 2.45) is 0 Å². The summed E-state index contributed by atoms with van der Waals surface area (Å²) in [5.74, 6) is -0.233. The molecule has 2 aromatic carbocycles. The zero-order valence-corrected chi connectivity index (χ0v) is 11.1. The normalized spacial score (nSPS) is 10.9. The molecule has 17 heavy (non-hydrogen) atoms. The van der Waals surface area contributed by atoms with E-state index in [1.807, 2.05) is 24.3 Å². The Hall–Kier alpha value is -1.26. The van der Waals surface area contributed by atoms with Crippen molar-refractivity contribution < 1.29 is 4.39 Å². The van der Waals surface area contributed by atoms with E-state index in [1.54, 1.807) is 17.4 Å². The number of rotatable bonds is 1. The number of halogens is 2. The Balaban J connectivity index is 2.18. The molecule has 0 N–H and O–H groups in total.